The van der Waals surface area contributed by atoms with Crippen LogP contribution < -0.4 is 5.32 Å². The molecule has 200 valence electrons. The number of anilines is 1. The number of carbonyl (C=O) groups is 1. The van der Waals surface area contributed by atoms with E-state index in [2.05, 4.69) is 17.4 Å². The number of fused-ring (bicyclic) bond motifs is 2. The summed E-state index contributed by atoms with van der Waals surface area (Å²) in [7, 11) is 0. The van der Waals surface area contributed by atoms with Gasteiger partial charge in [-0.15, -0.1) is 0 Å². The first-order valence-electron chi connectivity index (χ1n) is 13.6. The number of ether oxygens (including phenoxy) is 2. The zero-order chi connectivity index (χ0) is 26.0. The van der Waals surface area contributed by atoms with Gasteiger partial charge in [-0.25, -0.2) is 4.98 Å². The second-order valence-electron chi connectivity index (χ2n) is 11.0. The van der Waals surface area contributed by atoms with E-state index in [0.29, 0.717) is 31.3 Å². The lowest BCUT2D eigenvalue weighted by atomic mass is 9.82. The van der Waals surface area contributed by atoms with Crippen molar-refractivity contribution in [2.75, 3.05) is 38.2 Å². The third kappa shape index (κ3) is 5.95. The molecule has 0 aliphatic carbocycles. The molecule has 0 amide bonds. The number of nitrogens with one attached hydrogen (secondary N) is 1. The van der Waals surface area contributed by atoms with Gasteiger partial charge in [0, 0.05) is 37.0 Å². The Labute approximate surface area is 224 Å². The molecule has 2 aromatic rings. The monoisotopic (exact) mass is 527 g/mol. The number of nitrogens with zero attached hydrogens (tertiary/aromatic N) is 2. The fourth-order valence-electron chi connectivity index (χ4n) is 5.94. The quantitative estimate of drug-likeness (QED) is 0.414. The number of halogens is 1. The number of rotatable bonds is 10. The molecule has 0 radical (unpaired) electrons. The lowest BCUT2D eigenvalue weighted by molar-refractivity contribution is -0.151. The molecule has 1 aromatic heterocycles. The highest BCUT2D eigenvalue weighted by Crippen LogP contribution is 2.42. The molecule has 1 unspecified atom stereocenters. The number of carboxylic acids is 1. The van der Waals surface area contributed by atoms with Crippen LogP contribution in [-0.4, -0.2) is 59.9 Å². The van der Waals surface area contributed by atoms with Crippen molar-refractivity contribution in [2.45, 2.75) is 76.5 Å². The van der Waals surface area contributed by atoms with E-state index in [9.17, 15) is 9.90 Å². The summed E-state index contributed by atoms with van der Waals surface area (Å²) >= 11 is 6.41. The summed E-state index contributed by atoms with van der Waals surface area (Å²) in [6.45, 7) is 7.53. The van der Waals surface area contributed by atoms with Gasteiger partial charge >= 0.3 is 5.97 Å². The van der Waals surface area contributed by atoms with E-state index in [4.69, 9.17) is 26.1 Å². The molecule has 0 saturated carbocycles. The van der Waals surface area contributed by atoms with E-state index in [1.807, 2.05) is 24.8 Å². The number of aliphatic carboxylic acids is 1. The van der Waals surface area contributed by atoms with Crippen molar-refractivity contribution in [2.24, 2.45) is 0 Å². The minimum atomic E-state index is -0.865. The van der Waals surface area contributed by atoms with Crippen LogP contribution >= 0.6 is 11.6 Å². The molecule has 0 bridgehead atoms. The number of hydrogen-bond donors (Lipinski definition) is 2. The number of pyridine rings is 1. The van der Waals surface area contributed by atoms with Gasteiger partial charge in [0.2, 0.25) is 0 Å². The molecule has 3 aliphatic rings. The molecule has 1 atom stereocenters. The molecule has 1 fully saturated rings. The summed E-state index contributed by atoms with van der Waals surface area (Å²) in [5.41, 5.74) is 4.72. The van der Waals surface area contributed by atoms with E-state index in [-0.39, 0.29) is 6.10 Å². The van der Waals surface area contributed by atoms with Crippen molar-refractivity contribution in [3.63, 3.8) is 0 Å². The molecule has 2 N–H and O–H groups in total. The first kappa shape index (κ1) is 26.4. The second-order valence-corrected chi connectivity index (χ2v) is 11.4. The van der Waals surface area contributed by atoms with Crippen molar-refractivity contribution in [3.05, 3.63) is 57.2 Å². The number of carboxylic acid groups (broad SMARTS) is 1. The van der Waals surface area contributed by atoms with Crippen LogP contribution in [0.25, 0.3) is 0 Å². The van der Waals surface area contributed by atoms with Gasteiger partial charge in [-0.3, -0.25) is 9.69 Å². The van der Waals surface area contributed by atoms with Gasteiger partial charge in [0.15, 0.2) is 0 Å². The second kappa shape index (κ2) is 11.3. The molecule has 5 rings (SSSR count). The number of hydrogen-bond acceptors (Lipinski definition) is 6. The van der Waals surface area contributed by atoms with Crippen molar-refractivity contribution in [3.8, 4) is 0 Å². The van der Waals surface area contributed by atoms with Crippen molar-refractivity contribution < 1.29 is 19.4 Å². The molecule has 1 saturated heterocycles. The Morgan fingerprint density at radius 2 is 2.08 bits per heavy atom. The van der Waals surface area contributed by atoms with Crippen LogP contribution in [0.1, 0.15) is 73.5 Å². The molecule has 3 aliphatic heterocycles. The first-order chi connectivity index (χ1) is 17.8. The Morgan fingerprint density at radius 3 is 2.89 bits per heavy atom. The van der Waals surface area contributed by atoms with E-state index in [0.717, 1.165) is 73.3 Å². The molecular formula is C29H38ClN3O4. The summed E-state index contributed by atoms with van der Waals surface area (Å²) in [6.07, 6.45) is 7.26. The molecule has 8 heteroatoms. The maximum atomic E-state index is 12.4. The van der Waals surface area contributed by atoms with Crippen molar-refractivity contribution >= 4 is 23.4 Å². The van der Waals surface area contributed by atoms with Gasteiger partial charge in [0.05, 0.1) is 18.3 Å². The minimum Gasteiger partial charge on any atom is -0.480 e. The molecule has 4 heterocycles. The Balaban J connectivity index is 1.09. The fourth-order valence-corrected chi connectivity index (χ4v) is 6.19. The molecule has 1 aromatic carbocycles. The average Bonchev–Trinajstić information content (AvgIpc) is 2.83. The van der Waals surface area contributed by atoms with Crippen LogP contribution in [0.2, 0.25) is 5.02 Å². The zero-order valence-corrected chi connectivity index (χ0v) is 22.6. The summed E-state index contributed by atoms with van der Waals surface area (Å²) in [4.78, 5) is 19.1. The Morgan fingerprint density at radius 1 is 1.24 bits per heavy atom. The number of likely N-dealkylation sites (tertiary alicyclic amines) is 1. The van der Waals surface area contributed by atoms with Crippen LogP contribution in [0.5, 0.6) is 0 Å². The van der Waals surface area contributed by atoms with Gasteiger partial charge in [-0.1, -0.05) is 24.1 Å². The highest BCUT2D eigenvalue weighted by Gasteiger charge is 2.42. The molecular weight excluding hydrogens is 490 g/mol. The smallest absolute Gasteiger partial charge is 0.325 e. The van der Waals surface area contributed by atoms with Gasteiger partial charge < -0.3 is 19.9 Å². The maximum absolute atomic E-state index is 12.4. The molecule has 0 spiro atoms. The predicted molar refractivity (Wildman–Crippen MR) is 144 cm³/mol. The summed E-state index contributed by atoms with van der Waals surface area (Å²) in [6, 6.07) is 7.37. The Bertz CT molecular complexity index is 1130. The first-order valence-corrected chi connectivity index (χ1v) is 14.0. The van der Waals surface area contributed by atoms with Gasteiger partial charge in [0.1, 0.15) is 11.9 Å². The van der Waals surface area contributed by atoms with Crippen LogP contribution in [0, 0.1) is 0 Å². The van der Waals surface area contributed by atoms with E-state index in [1.54, 1.807) is 6.07 Å². The summed E-state index contributed by atoms with van der Waals surface area (Å²) in [5, 5.41) is 14.1. The maximum Gasteiger partial charge on any atom is 0.325 e. The predicted octanol–water partition coefficient (Wildman–Crippen LogP) is 5.14. The normalized spacial score (nSPS) is 19.9. The number of aromatic nitrogens is 1. The molecule has 7 nitrogen and oxygen atoms in total. The van der Waals surface area contributed by atoms with E-state index >= 15 is 0 Å². The summed E-state index contributed by atoms with van der Waals surface area (Å²) < 4.78 is 12.1. The van der Waals surface area contributed by atoms with E-state index < -0.39 is 17.6 Å². The van der Waals surface area contributed by atoms with Crippen LogP contribution in [-0.2, 0) is 39.1 Å². The van der Waals surface area contributed by atoms with Crippen LogP contribution in [0.15, 0.2) is 24.3 Å². The SMILES string of the molecule is CC1(C)OCCc2cc(Cl)cc(C(C(=O)O)N3CC(OCCCCCc4ccc5c(n4)NCCC5)C3)c21. The van der Waals surface area contributed by atoms with Crippen LogP contribution in [0.4, 0.5) is 5.82 Å². The van der Waals surface area contributed by atoms with Crippen molar-refractivity contribution in [1.82, 2.24) is 9.88 Å². The highest BCUT2D eigenvalue weighted by molar-refractivity contribution is 6.30. The fraction of sp³-hybridized carbons (Fsp3) is 0.586. The number of benzene rings is 1. The van der Waals surface area contributed by atoms with Gasteiger partial charge in [-0.05, 0) is 92.8 Å². The number of aryl methyl sites for hydroxylation is 2. The number of unbranched alkanes of at least 4 members (excludes halogenated alkanes) is 2. The van der Waals surface area contributed by atoms with Crippen LogP contribution in [0.3, 0.4) is 0 Å². The highest BCUT2D eigenvalue weighted by atomic mass is 35.5. The van der Waals surface area contributed by atoms with E-state index in [1.165, 1.54) is 12.0 Å². The molecule has 37 heavy (non-hydrogen) atoms. The lowest BCUT2D eigenvalue weighted by Crippen LogP contribution is -2.55. The largest absolute Gasteiger partial charge is 0.480 e. The minimum absolute atomic E-state index is 0.0644. The Kier molecular flexibility index (Phi) is 8.05. The third-order valence-electron chi connectivity index (χ3n) is 7.80. The standard InChI is InChI=1S/C29H38ClN3O4/c1-29(2)25-20(11-14-37-29)15-21(30)16-24(25)26(28(34)35)33-17-23(18-33)36-13-5-3-4-8-22-10-9-19-7-6-12-31-27(19)32-22/h9-10,15-16,23,26H,3-8,11-14,17-18H2,1-2H3,(H,31,32)(H,34,35). The topological polar surface area (TPSA) is 83.9 Å². The van der Waals surface area contributed by atoms with Crippen molar-refractivity contribution in [1.29, 1.82) is 0 Å². The average molecular weight is 528 g/mol. The third-order valence-corrected chi connectivity index (χ3v) is 8.02. The Hall–Kier alpha value is -2.19. The summed E-state index contributed by atoms with van der Waals surface area (Å²) in [5.74, 6) is 0.200. The zero-order valence-electron chi connectivity index (χ0n) is 21.9. The van der Waals surface area contributed by atoms with Gasteiger partial charge in [0.25, 0.3) is 0 Å². The lowest BCUT2D eigenvalue weighted by Gasteiger charge is -2.44. The van der Waals surface area contributed by atoms with Gasteiger partial charge in [-0.2, -0.15) is 0 Å².